The lowest BCUT2D eigenvalue weighted by molar-refractivity contribution is -0.140. The number of carbonyl (C=O) groups is 4. The number of likely N-dealkylation sites (tertiary alicyclic amines) is 2. The van der Waals surface area contributed by atoms with Gasteiger partial charge >= 0.3 is 0 Å². The molecule has 1 atom stereocenters. The molecule has 12 heteroatoms. The van der Waals surface area contributed by atoms with Crippen molar-refractivity contribution in [3.05, 3.63) is 41.4 Å². The molecule has 39 heavy (non-hydrogen) atoms. The fraction of sp³-hybridized carbons (Fsp3) is 0.444. The van der Waals surface area contributed by atoms with Crippen molar-refractivity contribution < 1.29 is 19.2 Å². The van der Waals surface area contributed by atoms with Crippen LogP contribution in [0, 0.1) is 11.3 Å². The van der Waals surface area contributed by atoms with E-state index in [1.165, 1.54) is 25.2 Å². The van der Waals surface area contributed by atoms with Crippen molar-refractivity contribution in [2.75, 3.05) is 45.6 Å². The molecule has 0 saturated carbocycles. The Morgan fingerprint density at radius 1 is 1.15 bits per heavy atom. The largest absolute Gasteiger partial charge is 0.366 e. The van der Waals surface area contributed by atoms with Gasteiger partial charge in [0.15, 0.2) is 5.57 Å². The standard InChI is InChI=1S/C27H34N8O4/c1-33(2)26(38)18(14-28)25(31-20-10-7-8-17-19(24(29)37)15-30-23(17)20)32-21-9-3-4-13-35(27(21)39)16-22(36)34-11-5-6-12-34/h7-8,10,15,21,30-32H,3-6,9,11-13,16H2,1-2H3,(H2,29,37)/b25-18+/t21-/m0/s1. The van der Waals surface area contributed by atoms with Crippen molar-refractivity contribution in [2.45, 2.75) is 38.1 Å². The zero-order valence-corrected chi connectivity index (χ0v) is 22.2. The summed E-state index contributed by atoms with van der Waals surface area (Å²) in [7, 11) is 3.06. The van der Waals surface area contributed by atoms with Crippen LogP contribution in [0.25, 0.3) is 10.9 Å². The van der Waals surface area contributed by atoms with Gasteiger partial charge in [-0.25, -0.2) is 0 Å². The number of fused-ring (bicyclic) bond motifs is 1. The predicted octanol–water partition coefficient (Wildman–Crippen LogP) is 1.10. The fourth-order valence-corrected chi connectivity index (χ4v) is 5.00. The smallest absolute Gasteiger partial charge is 0.267 e. The number of aromatic nitrogens is 1. The maximum Gasteiger partial charge on any atom is 0.267 e. The number of nitrogens with one attached hydrogen (secondary N) is 3. The summed E-state index contributed by atoms with van der Waals surface area (Å²) >= 11 is 0. The molecule has 0 bridgehead atoms. The number of aromatic amines is 1. The zero-order chi connectivity index (χ0) is 28.1. The highest BCUT2D eigenvalue weighted by molar-refractivity contribution is 6.09. The quantitative estimate of drug-likeness (QED) is 0.290. The van der Waals surface area contributed by atoms with E-state index in [-0.39, 0.29) is 29.8 Å². The third-order valence-corrected chi connectivity index (χ3v) is 7.11. The lowest BCUT2D eigenvalue weighted by atomic mass is 10.1. The summed E-state index contributed by atoms with van der Waals surface area (Å²) in [6, 6.07) is 6.37. The van der Waals surface area contributed by atoms with Crippen molar-refractivity contribution in [1.29, 1.82) is 5.26 Å². The third kappa shape index (κ3) is 5.98. The van der Waals surface area contributed by atoms with Crippen molar-refractivity contribution in [2.24, 2.45) is 5.73 Å². The van der Waals surface area contributed by atoms with Crippen molar-refractivity contribution in [3.63, 3.8) is 0 Å². The average molecular weight is 535 g/mol. The molecule has 0 radical (unpaired) electrons. The van der Waals surface area contributed by atoms with Crippen LogP contribution in [0.4, 0.5) is 5.69 Å². The molecule has 12 nitrogen and oxygen atoms in total. The van der Waals surface area contributed by atoms with Crippen molar-refractivity contribution >= 4 is 40.2 Å². The summed E-state index contributed by atoms with van der Waals surface area (Å²) in [4.78, 5) is 58.8. The molecular formula is C27H34N8O4. The van der Waals surface area contributed by atoms with Gasteiger partial charge in [-0.2, -0.15) is 5.26 Å². The SMILES string of the molecule is CN(C)C(=O)/C(C#N)=C(\Nc1cccc2c(C(N)=O)c[nH]c12)N[C@H]1CCCCN(CC(=O)N2CCCC2)C1=O. The molecule has 4 rings (SSSR count). The number of rotatable bonds is 8. The molecule has 2 saturated heterocycles. The van der Waals surface area contributed by atoms with Crippen LogP contribution in [-0.4, -0.2) is 89.6 Å². The second kappa shape index (κ2) is 11.9. The lowest BCUT2D eigenvalue weighted by Gasteiger charge is -2.28. The van der Waals surface area contributed by atoms with Crippen LogP contribution < -0.4 is 16.4 Å². The summed E-state index contributed by atoms with van der Waals surface area (Å²) in [5, 5.41) is 16.8. The minimum Gasteiger partial charge on any atom is -0.366 e. The Bertz CT molecular complexity index is 1350. The monoisotopic (exact) mass is 534 g/mol. The van der Waals surface area contributed by atoms with E-state index < -0.39 is 17.9 Å². The van der Waals surface area contributed by atoms with E-state index >= 15 is 0 Å². The van der Waals surface area contributed by atoms with Gasteiger partial charge in [0.05, 0.1) is 23.3 Å². The summed E-state index contributed by atoms with van der Waals surface area (Å²) in [5.74, 6) is -1.42. The molecule has 1 aromatic carbocycles. The van der Waals surface area contributed by atoms with E-state index in [9.17, 15) is 24.4 Å². The van der Waals surface area contributed by atoms with Crippen LogP contribution in [0.1, 0.15) is 42.5 Å². The summed E-state index contributed by atoms with van der Waals surface area (Å²) in [6.45, 7) is 1.88. The van der Waals surface area contributed by atoms with Crippen molar-refractivity contribution in [3.8, 4) is 6.07 Å². The second-order valence-corrected chi connectivity index (χ2v) is 10.0. The highest BCUT2D eigenvalue weighted by Crippen LogP contribution is 2.27. The highest BCUT2D eigenvalue weighted by Gasteiger charge is 2.32. The number of amides is 4. The van der Waals surface area contributed by atoms with Crippen LogP contribution in [-0.2, 0) is 14.4 Å². The Labute approximate surface area is 226 Å². The number of hydrogen-bond donors (Lipinski definition) is 4. The van der Waals surface area contributed by atoms with Crippen LogP contribution in [0.2, 0.25) is 0 Å². The molecule has 5 N–H and O–H groups in total. The van der Waals surface area contributed by atoms with E-state index in [4.69, 9.17) is 5.73 Å². The molecule has 0 aliphatic carbocycles. The number of nitriles is 1. The normalized spacial score (nSPS) is 18.3. The van der Waals surface area contributed by atoms with Gasteiger partial charge in [-0.1, -0.05) is 12.1 Å². The zero-order valence-electron chi connectivity index (χ0n) is 22.2. The predicted molar refractivity (Wildman–Crippen MR) is 145 cm³/mol. The van der Waals surface area contributed by atoms with Gasteiger partial charge in [-0.05, 0) is 38.2 Å². The maximum absolute atomic E-state index is 13.6. The first-order valence-corrected chi connectivity index (χ1v) is 13.1. The first-order valence-electron chi connectivity index (χ1n) is 13.1. The van der Waals surface area contributed by atoms with Gasteiger partial charge in [-0.15, -0.1) is 0 Å². The summed E-state index contributed by atoms with van der Waals surface area (Å²) < 4.78 is 0. The molecule has 3 heterocycles. The number of nitrogens with zero attached hydrogens (tertiary/aromatic N) is 4. The Balaban J connectivity index is 1.66. The first-order chi connectivity index (χ1) is 18.7. The number of para-hydroxylation sites is 1. The molecule has 4 amide bonds. The minimum absolute atomic E-state index is 0.00288. The van der Waals surface area contributed by atoms with E-state index in [2.05, 4.69) is 15.6 Å². The van der Waals surface area contributed by atoms with E-state index in [1.54, 1.807) is 28.0 Å². The Hall–Kier alpha value is -4.53. The lowest BCUT2D eigenvalue weighted by Crippen LogP contribution is -2.49. The Morgan fingerprint density at radius 2 is 1.87 bits per heavy atom. The van der Waals surface area contributed by atoms with Crippen LogP contribution in [0.15, 0.2) is 35.8 Å². The molecule has 2 aliphatic rings. The minimum atomic E-state index is -0.760. The molecular weight excluding hydrogens is 500 g/mol. The van der Waals surface area contributed by atoms with Gasteiger partial charge in [-0.3, -0.25) is 19.2 Å². The van der Waals surface area contributed by atoms with Gasteiger partial charge in [0.2, 0.25) is 11.8 Å². The molecule has 206 valence electrons. The number of anilines is 1. The number of primary amides is 1. The van der Waals surface area contributed by atoms with Crippen molar-refractivity contribution in [1.82, 2.24) is 25.0 Å². The van der Waals surface area contributed by atoms with E-state index in [0.29, 0.717) is 48.2 Å². The van der Waals surface area contributed by atoms with Crippen LogP contribution in [0.5, 0.6) is 0 Å². The third-order valence-electron chi connectivity index (χ3n) is 7.11. The van der Waals surface area contributed by atoms with Gasteiger partial charge in [0.1, 0.15) is 17.9 Å². The summed E-state index contributed by atoms with van der Waals surface area (Å²) in [6.07, 6.45) is 5.36. The second-order valence-electron chi connectivity index (χ2n) is 10.0. The number of carbonyl (C=O) groups excluding carboxylic acids is 4. The van der Waals surface area contributed by atoms with Crippen LogP contribution in [0.3, 0.4) is 0 Å². The average Bonchev–Trinajstić information content (AvgIpc) is 3.57. The summed E-state index contributed by atoms with van der Waals surface area (Å²) in [5.41, 5.74) is 6.61. The van der Waals surface area contributed by atoms with E-state index in [1.807, 2.05) is 6.07 Å². The topological polar surface area (TPSA) is 168 Å². The highest BCUT2D eigenvalue weighted by atomic mass is 16.2. The van der Waals surface area contributed by atoms with E-state index in [0.717, 1.165) is 25.7 Å². The maximum atomic E-state index is 13.6. The van der Waals surface area contributed by atoms with Gasteiger partial charge in [0.25, 0.3) is 11.8 Å². The number of nitrogens with two attached hydrogens (primary N) is 1. The molecule has 1 aromatic heterocycles. The Kier molecular flexibility index (Phi) is 8.39. The fourth-order valence-electron chi connectivity index (χ4n) is 5.00. The first kappa shape index (κ1) is 27.5. The number of benzene rings is 1. The van der Waals surface area contributed by atoms with Gasteiger partial charge in [0, 0.05) is 45.3 Å². The molecule has 2 aliphatic heterocycles. The number of H-pyrrole nitrogens is 1. The molecule has 0 unspecified atom stereocenters. The molecule has 0 spiro atoms. The van der Waals surface area contributed by atoms with Crippen LogP contribution >= 0.6 is 0 Å². The molecule has 2 aromatic rings. The number of hydrogen-bond acceptors (Lipinski definition) is 7. The number of likely N-dealkylation sites (N-methyl/N-ethyl adjacent to an activating group) is 1. The Morgan fingerprint density at radius 3 is 2.54 bits per heavy atom. The molecule has 2 fully saturated rings. The van der Waals surface area contributed by atoms with Gasteiger partial charge < -0.3 is 36.1 Å².